The van der Waals surface area contributed by atoms with Crippen molar-refractivity contribution in [3.63, 3.8) is 0 Å². The number of hydrogen-bond acceptors (Lipinski definition) is 2. The molecule has 0 aromatic carbocycles. The second-order valence-corrected chi connectivity index (χ2v) is 4.17. The van der Waals surface area contributed by atoms with Gasteiger partial charge in [0, 0.05) is 12.6 Å². The van der Waals surface area contributed by atoms with Crippen molar-refractivity contribution in [2.75, 3.05) is 0 Å². The number of aromatic nitrogens is 1. The van der Waals surface area contributed by atoms with E-state index in [-0.39, 0.29) is 5.78 Å². The molecule has 0 bridgehead atoms. The average Bonchev–Trinajstić information content (AvgIpc) is 2.12. The van der Waals surface area contributed by atoms with Gasteiger partial charge in [-0.15, -0.1) is 0 Å². The van der Waals surface area contributed by atoms with Gasteiger partial charge in [-0.1, -0.05) is 30.9 Å². The maximum absolute atomic E-state index is 11.7. The van der Waals surface area contributed by atoms with Gasteiger partial charge in [-0.25, -0.2) is 0 Å². The van der Waals surface area contributed by atoms with Gasteiger partial charge in [0.15, 0.2) is 5.78 Å². The Hall–Kier alpha value is -0.890. The van der Waals surface area contributed by atoms with Crippen LogP contribution in [0.3, 0.4) is 0 Å². The number of carbonyl (C=O) groups excluding carboxylic acids is 1. The van der Waals surface area contributed by atoms with Crippen LogP contribution in [0.5, 0.6) is 0 Å². The Balaban J connectivity index is 2.06. The highest BCUT2D eigenvalue weighted by atomic mass is 35.5. The van der Waals surface area contributed by atoms with Crippen LogP contribution in [0.1, 0.15) is 36.2 Å². The van der Waals surface area contributed by atoms with Crippen molar-refractivity contribution in [3.8, 4) is 0 Å². The average molecular weight is 210 g/mol. The molecule has 74 valence electrons. The third kappa shape index (κ3) is 1.95. The Bertz CT molecular complexity index is 347. The zero-order chi connectivity index (χ0) is 9.97. The Morgan fingerprint density at radius 3 is 2.93 bits per heavy atom. The summed E-state index contributed by atoms with van der Waals surface area (Å²) in [6, 6.07) is 3.45. The van der Waals surface area contributed by atoms with E-state index < -0.39 is 0 Å². The van der Waals surface area contributed by atoms with Crippen LogP contribution in [0, 0.1) is 5.92 Å². The molecule has 1 aliphatic rings. The lowest BCUT2D eigenvalue weighted by Gasteiger charge is -2.24. The molecule has 1 saturated carbocycles. The number of nitrogens with zero attached hydrogens (tertiary/aromatic N) is 1. The van der Waals surface area contributed by atoms with E-state index in [1.807, 2.05) is 0 Å². The van der Waals surface area contributed by atoms with Crippen LogP contribution >= 0.6 is 11.6 Å². The van der Waals surface area contributed by atoms with Crippen molar-refractivity contribution in [2.45, 2.75) is 25.7 Å². The van der Waals surface area contributed by atoms with Crippen LogP contribution in [0.4, 0.5) is 0 Å². The Morgan fingerprint density at radius 1 is 1.57 bits per heavy atom. The predicted octanol–water partition coefficient (Wildman–Crippen LogP) is 3.11. The van der Waals surface area contributed by atoms with E-state index in [4.69, 9.17) is 11.6 Å². The smallest absolute Gasteiger partial charge is 0.182 e. The van der Waals surface area contributed by atoms with Gasteiger partial charge in [-0.2, -0.15) is 0 Å². The monoisotopic (exact) mass is 209 g/mol. The van der Waals surface area contributed by atoms with Crippen molar-refractivity contribution >= 4 is 17.4 Å². The summed E-state index contributed by atoms with van der Waals surface area (Å²) in [7, 11) is 0. The van der Waals surface area contributed by atoms with Crippen LogP contribution in [0.2, 0.25) is 5.02 Å². The number of rotatable bonds is 3. The molecule has 0 radical (unpaired) electrons. The molecule has 3 heteroatoms. The number of carbonyl (C=O) groups is 1. The van der Waals surface area contributed by atoms with Crippen LogP contribution in [-0.2, 0) is 0 Å². The lowest BCUT2D eigenvalue weighted by atomic mass is 9.81. The van der Waals surface area contributed by atoms with Crippen molar-refractivity contribution < 1.29 is 4.79 Å². The van der Waals surface area contributed by atoms with Gasteiger partial charge >= 0.3 is 0 Å². The van der Waals surface area contributed by atoms with E-state index >= 15 is 0 Å². The molecule has 1 fully saturated rings. The third-order valence-corrected chi connectivity index (χ3v) is 3.03. The second kappa shape index (κ2) is 4.09. The summed E-state index contributed by atoms with van der Waals surface area (Å²) < 4.78 is 0. The summed E-state index contributed by atoms with van der Waals surface area (Å²) in [5, 5.41) is 0.469. The first-order chi connectivity index (χ1) is 6.77. The van der Waals surface area contributed by atoms with E-state index in [0.29, 0.717) is 23.1 Å². The molecule has 1 aliphatic carbocycles. The van der Waals surface area contributed by atoms with Crippen LogP contribution < -0.4 is 0 Å². The summed E-state index contributed by atoms with van der Waals surface area (Å²) in [5.41, 5.74) is 0.432. The van der Waals surface area contributed by atoms with Crippen LogP contribution in [-0.4, -0.2) is 10.8 Å². The number of ketones is 1. The first-order valence-electron chi connectivity index (χ1n) is 4.91. The number of hydrogen-bond donors (Lipinski definition) is 0. The van der Waals surface area contributed by atoms with Gasteiger partial charge in [0.1, 0.15) is 5.69 Å². The molecule has 1 aromatic rings. The summed E-state index contributed by atoms with van der Waals surface area (Å²) in [6.07, 6.45) is 5.83. The Labute approximate surface area is 88.3 Å². The highest BCUT2D eigenvalue weighted by Crippen LogP contribution is 2.31. The highest BCUT2D eigenvalue weighted by Gasteiger charge is 2.22. The molecule has 1 aromatic heterocycles. The summed E-state index contributed by atoms with van der Waals surface area (Å²) >= 11 is 5.88. The normalized spacial score (nSPS) is 16.4. The van der Waals surface area contributed by atoms with Gasteiger partial charge in [-0.3, -0.25) is 9.78 Å². The molecule has 0 aliphatic heterocycles. The minimum absolute atomic E-state index is 0.0836. The Morgan fingerprint density at radius 2 is 2.36 bits per heavy atom. The first kappa shape index (κ1) is 9.66. The van der Waals surface area contributed by atoms with Gasteiger partial charge in [-0.05, 0) is 18.1 Å². The van der Waals surface area contributed by atoms with Gasteiger partial charge < -0.3 is 0 Å². The third-order valence-electron chi connectivity index (χ3n) is 2.72. The van der Waals surface area contributed by atoms with Crippen molar-refractivity contribution in [1.82, 2.24) is 4.98 Å². The van der Waals surface area contributed by atoms with E-state index in [1.54, 1.807) is 18.3 Å². The fourth-order valence-electron chi connectivity index (χ4n) is 1.65. The lowest BCUT2D eigenvalue weighted by molar-refractivity contribution is 0.0932. The largest absolute Gasteiger partial charge is 0.292 e. The molecule has 0 atom stereocenters. The zero-order valence-electron chi connectivity index (χ0n) is 7.87. The number of Topliss-reactive ketones (excluding diaryl/α,β-unsaturated/α-hetero) is 1. The molecule has 0 amide bonds. The van der Waals surface area contributed by atoms with Crippen molar-refractivity contribution in [2.24, 2.45) is 5.92 Å². The summed E-state index contributed by atoms with van der Waals surface area (Å²) in [4.78, 5) is 15.7. The molecule has 1 heterocycles. The van der Waals surface area contributed by atoms with E-state index in [2.05, 4.69) is 4.98 Å². The van der Waals surface area contributed by atoms with Gasteiger partial charge in [0.25, 0.3) is 0 Å². The quantitative estimate of drug-likeness (QED) is 0.716. The van der Waals surface area contributed by atoms with Crippen LogP contribution in [0.25, 0.3) is 0 Å². The second-order valence-electron chi connectivity index (χ2n) is 3.76. The minimum Gasteiger partial charge on any atom is -0.292 e. The van der Waals surface area contributed by atoms with Gasteiger partial charge in [0.05, 0.1) is 5.02 Å². The fourth-order valence-corrected chi connectivity index (χ4v) is 1.87. The van der Waals surface area contributed by atoms with Crippen LogP contribution in [0.15, 0.2) is 18.3 Å². The van der Waals surface area contributed by atoms with E-state index in [1.165, 1.54) is 19.3 Å². The van der Waals surface area contributed by atoms with E-state index in [9.17, 15) is 4.79 Å². The van der Waals surface area contributed by atoms with Gasteiger partial charge in [0.2, 0.25) is 0 Å². The molecule has 0 spiro atoms. The van der Waals surface area contributed by atoms with Crippen molar-refractivity contribution in [3.05, 3.63) is 29.0 Å². The standard InChI is InChI=1S/C11H12ClNO/c12-9-5-2-6-13-11(9)10(14)7-8-3-1-4-8/h2,5-6,8H,1,3-4,7H2. The highest BCUT2D eigenvalue weighted by molar-refractivity contribution is 6.33. The van der Waals surface area contributed by atoms with Crippen molar-refractivity contribution in [1.29, 1.82) is 0 Å². The molecule has 2 nitrogen and oxygen atoms in total. The predicted molar refractivity (Wildman–Crippen MR) is 55.5 cm³/mol. The number of halogens is 1. The molecule has 2 rings (SSSR count). The topological polar surface area (TPSA) is 30.0 Å². The SMILES string of the molecule is O=C(CC1CCC1)c1ncccc1Cl. The number of pyridine rings is 1. The molecule has 0 N–H and O–H groups in total. The molecule has 0 unspecified atom stereocenters. The first-order valence-corrected chi connectivity index (χ1v) is 5.29. The maximum atomic E-state index is 11.7. The molecule has 0 saturated heterocycles. The van der Waals surface area contributed by atoms with E-state index in [0.717, 1.165) is 0 Å². The lowest BCUT2D eigenvalue weighted by Crippen LogP contribution is -2.16. The Kier molecular flexibility index (Phi) is 2.82. The fraction of sp³-hybridized carbons (Fsp3) is 0.455. The maximum Gasteiger partial charge on any atom is 0.182 e. The molecular formula is C11H12ClNO. The minimum atomic E-state index is 0.0836. The summed E-state index contributed by atoms with van der Waals surface area (Å²) in [6.45, 7) is 0. The zero-order valence-corrected chi connectivity index (χ0v) is 8.63. The molecular weight excluding hydrogens is 198 g/mol. The summed E-state index contributed by atoms with van der Waals surface area (Å²) in [5.74, 6) is 0.654. The molecule has 14 heavy (non-hydrogen) atoms.